The molecule has 9 nitrogen and oxygen atoms in total. The zero-order chi connectivity index (χ0) is 22.5. The molecule has 0 aromatic heterocycles. The summed E-state index contributed by atoms with van der Waals surface area (Å²) in [7, 11) is -2.49. The van der Waals surface area contributed by atoms with Crippen molar-refractivity contribution in [2.45, 2.75) is 27.2 Å². The van der Waals surface area contributed by atoms with Gasteiger partial charge in [-0.2, -0.15) is 8.42 Å². The van der Waals surface area contributed by atoms with Crippen molar-refractivity contribution in [2.75, 3.05) is 25.0 Å². The Balaban J connectivity index is 1.78. The van der Waals surface area contributed by atoms with E-state index in [2.05, 4.69) is 28.6 Å². The minimum atomic E-state index is -4.12. The van der Waals surface area contributed by atoms with Gasteiger partial charge in [0.1, 0.15) is 5.84 Å². The van der Waals surface area contributed by atoms with Crippen molar-refractivity contribution >= 4 is 38.9 Å². The van der Waals surface area contributed by atoms with Gasteiger partial charge in [0.05, 0.1) is 12.2 Å². The van der Waals surface area contributed by atoms with E-state index in [1.807, 2.05) is 0 Å². The van der Waals surface area contributed by atoms with Crippen molar-refractivity contribution in [2.24, 2.45) is 21.2 Å². The van der Waals surface area contributed by atoms with Gasteiger partial charge in [-0.15, -0.1) is 4.40 Å². The molecule has 3 aliphatic rings. The van der Waals surface area contributed by atoms with E-state index in [0.29, 0.717) is 36.0 Å². The van der Waals surface area contributed by atoms with Gasteiger partial charge >= 0.3 is 10.0 Å². The number of rotatable bonds is 4. The van der Waals surface area contributed by atoms with E-state index in [-0.39, 0.29) is 16.7 Å². The van der Waals surface area contributed by atoms with E-state index < -0.39 is 27.6 Å². The van der Waals surface area contributed by atoms with Crippen molar-refractivity contribution in [3.63, 3.8) is 0 Å². The van der Waals surface area contributed by atoms with Crippen molar-refractivity contribution in [3.8, 4) is 0 Å². The van der Waals surface area contributed by atoms with Crippen LogP contribution in [0.25, 0.3) is 0 Å². The highest BCUT2D eigenvalue weighted by atomic mass is 32.2. The van der Waals surface area contributed by atoms with Crippen LogP contribution in [-0.4, -0.2) is 56.7 Å². The molecule has 3 aliphatic heterocycles. The minimum Gasteiger partial charge on any atom is -0.355 e. The molecule has 0 fully saturated rings. The number of amides is 1. The van der Waals surface area contributed by atoms with E-state index in [0.717, 1.165) is 6.42 Å². The molecule has 0 spiro atoms. The SMILES string of the molecule is CC1=NC2=C(N(C)C1)S(=O)(=O)N=C(C1C(=O)c3ccccc3N(CCC(C)C)C1=O)N2. The van der Waals surface area contributed by atoms with Gasteiger partial charge in [-0.25, -0.2) is 4.99 Å². The zero-order valence-corrected chi connectivity index (χ0v) is 18.7. The molecule has 1 aromatic carbocycles. The third-order valence-electron chi connectivity index (χ3n) is 5.47. The first-order chi connectivity index (χ1) is 14.6. The van der Waals surface area contributed by atoms with Crippen LogP contribution in [0.4, 0.5) is 5.69 Å². The molecule has 0 radical (unpaired) electrons. The first-order valence-electron chi connectivity index (χ1n) is 10.2. The molecule has 0 bridgehead atoms. The molecule has 0 aliphatic carbocycles. The number of hydrogen-bond acceptors (Lipinski definition) is 7. The summed E-state index contributed by atoms with van der Waals surface area (Å²) in [6.45, 7) is 6.65. The van der Waals surface area contributed by atoms with Crippen molar-refractivity contribution in [1.82, 2.24) is 10.2 Å². The van der Waals surface area contributed by atoms with Gasteiger partial charge in [0.15, 0.2) is 22.6 Å². The molecular formula is C21H25N5O4S. The number of nitrogens with zero attached hydrogens (tertiary/aromatic N) is 4. The van der Waals surface area contributed by atoms with Crippen LogP contribution in [0.1, 0.15) is 37.6 Å². The second kappa shape index (κ2) is 7.60. The van der Waals surface area contributed by atoms with Crippen LogP contribution in [0, 0.1) is 11.8 Å². The standard InChI is InChI=1S/C21H25N5O4S/c1-12(2)9-10-26-15-8-6-5-7-14(15)17(27)16(20(26)28)18-23-19-21(31(29,30)24-18)25(4)11-13(3)22-19/h5-8,12,16H,9-11H2,1-4H3,(H,23,24). The lowest BCUT2D eigenvalue weighted by molar-refractivity contribution is -0.119. The highest BCUT2D eigenvalue weighted by Crippen LogP contribution is 2.34. The summed E-state index contributed by atoms with van der Waals surface area (Å²) in [5, 5.41) is 2.81. The first kappa shape index (κ1) is 21.2. The fourth-order valence-corrected chi connectivity index (χ4v) is 5.33. The molecule has 31 heavy (non-hydrogen) atoms. The number of para-hydroxylation sites is 1. The minimum absolute atomic E-state index is 0.0605. The number of Topliss-reactive ketones (excluding diaryl/α,β-unsaturated/α-hetero) is 1. The Labute approximate surface area is 181 Å². The predicted octanol–water partition coefficient (Wildman–Crippen LogP) is 1.74. The fourth-order valence-electron chi connectivity index (χ4n) is 4.03. The van der Waals surface area contributed by atoms with E-state index in [4.69, 9.17) is 0 Å². The molecule has 1 unspecified atom stereocenters. The first-order valence-corrected chi connectivity index (χ1v) is 11.6. The number of carbonyl (C=O) groups excluding carboxylic acids is 2. The van der Waals surface area contributed by atoms with Gasteiger partial charge in [-0.3, -0.25) is 9.59 Å². The highest BCUT2D eigenvalue weighted by molar-refractivity contribution is 7.94. The second-order valence-corrected chi connectivity index (χ2v) is 9.94. The van der Waals surface area contributed by atoms with Crippen molar-refractivity contribution in [1.29, 1.82) is 0 Å². The summed E-state index contributed by atoms with van der Waals surface area (Å²) >= 11 is 0. The van der Waals surface area contributed by atoms with Crippen LogP contribution in [0.2, 0.25) is 0 Å². The lowest BCUT2D eigenvalue weighted by atomic mass is 9.88. The predicted molar refractivity (Wildman–Crippen MR) is 118 cm³/mol. The largest absolute Gasteiger partial charge is 0.355 e. The summed E-state index contributed by atoms with van der Waals surface area (Å²) in [6, 6.07) is 6.88. The van der Waals surface area contributed by atoms with Crippen LogP contribution < -0.4 is 10.2 Å². The Morgan fingerprint density at radius 3 is 2.65 bits per heavy atom. The Bertz CT molecular complexity index is 1170. The van der Waals surface area contributed by atoms with E-state index >= 15 is 0 Å². The molecule has 1 N–H and O–H groups in total. The number of aliphatic imine (C=N–C) groups is 1. The van der Waals surface area contributed by atoms with Crippen LogP contribution in [0.3, 0.4) is 0 Å². The van der Waals surface area contributed by atoms with Gasteiger partial charge in [-0.05, 0) is 31.4 Å². The molecule has 1 aromatic rings. The normalized spacial score (nSPS) is 22.7. The molecule has 3 heterocycles. The van der Waals surface area contributed by atoms with Crippen LogP contribution in [0.15, 0.2) is 44.5 Å². The zero-order valence-electron chi connectivity index (χ0n) is 17.9. The maximum absolute atomic E-state index is 13.4. The molecule has 10 heteroatoms. The van der Waals surface area contributed by atoms with Gasteiger partial charge in [-0.1, -0.05) is 26.0 Å². The number of ketones is 1. The van der Waals surface area contributed by atoms with Crippen molar-refractivity contribution in [3.05, 3.63) is 40.7 Å². The average molecular weight is 444 g/mol. The average Bonchev–Trinajstić information content (AvgIpc) is 2.66. The van der Waals surface area contributed by atoms with Gasteiger partial charge in [0, 0.05) is 24.9 Å². The Morgan fingerprint density at radius 1 is 1.23 bits per heavy atom. The molecule has 1 atom stereocenters. The fraction of sp³-hybridized carbons (Fsp3) is 0.429. The number of sulfonamides is 1. The second-order valence-electron chi connectivity index (χ2n) is 8.42. The third-order valence-corrected chi connectivity index (χ3v) is 6.90. The molecule has 1 amide bonds. The number of amidine groups is 1. The monoisotopic (exact) mass is 443 g/mol. The van der Waals surface area contributed by atoms with Gasteiger partial charge in [0.2, 0.25) is 5.91 Å². The van der Waals surface area contributed by atoms with Gasteiger partial charge in [0.25, 0.3) is 0 Å². The summed E-state index contributed by atoms with van der Waals surface area (Å²) in [6.07, 6.45) is 0.739. The lowest BCUT2D eigenvalue weighted by Crippen LogP contribution is -2.53. The van der Waals surface area contributed by atoms with Gasteiger partial charge < -0.3 is 15.1 Å². The van der Waals surface area contributed by atoms with E-state index in [1.165, 1.54) is 4.90 Å². The number of benzene rings is 1. The molecule has 4 rings (SSSR count). The Kier molecular flexibility index (Phi) is 5.20. The highest BCUT2D eigenvalue weighted by Gasteiger charge is 2.46. The number of anilines is 1. The number of hydrogen-bond donors (Lipinski definition) is 1. The van der Waals surface area contributed by atoms with Crippen LogP contribution in [0.5, 0.6) is 0 Å². The van der Waals surface area contributed by atoms with Crippen LogP contribution in [-0.2, 0) is 14.8 Å². The molecular weight excluding hydrogens is 418 g/mol. The molecule has 0 saturated carbocycles. The Hall–Kier alpha value is -3.01. The maximum Gasteiger partial charge on any atom is 0.303 e. The summed E-state index contributed by atoms with van der Waals surface area (Å²) < 4.78 is 29.7. The quantitative estimate of drug-likeness (QED) is 0.710. The summed E-state index contributed by atoms with van der Waals surface area (Å²) in [4.78, 5) is 34.1. The van der Waals surface area contributed by atoms with E-state index in [1.54, 1.807) is 43.1 Å². The van der Waals surface area contributed by atoms with E-state index in [9.17, 15) is 18.0 Å². The topological polar surface area (TPSA) is 112 Å². The maximum atomic E-state index is 13.4. The number of fused-ring (bicyclic) bond motifs is 1. The third kappa shape index (κ3) is 3.65. The lowest BCUT2D eigenvalue weighted by Gasteiger charge is -2.36. The number of carbonyl (C=O) groups is 2. The van der Waals surface area contributed by atoms with Crippen LogP contribution >= 0.6 is 0 Å². The summed E-state index contributed by atoms with van der Waals surface area (Å²) in [5.41, 5.74) is 1.62. The smallest absolute Gasteiger partial charge is 0.303 e. The molecule has 0 saturated heterocycles. The Morgan fingerprint density at radius 2 is 1.94 bits per heavy atom. The summed E-state index contributed by atoms with van der Waals surface area (Å²) in [5.74, 6) is -2.09. The number of nitrogens with one attached hydrogen (secondary N) is 1. The van der Waals surface area contributed by atoms with Crippen molar-refractivity contribution < 1.29 is 18.0 Å². The molecule has 164 valence electrons.